The summed E-state index contributed by atoms with van der Waals surface area (Å²) in [5.41, 5.74) is 4.96. The number of carbonyl (C=O) groups is 1. The number of nitrogen functional groups attached to an aromatic ring is 1. The summed E-state index contributed by atoms with van der Waals surface area (Å²) >= 11 is 2.91. The van der Waals surface area contributed by atoms with Gasteiger partial charge in [0, 0.05) is 5.39 Å². The molecule has 0 saturated heterocycles. The van der Waals surface area contributed by atoms with Crippen LogP contribution in [0.1, 0.15) is 16.1 Å². The zero-order valence-corrected chi connectivity index (χ0v) is 11.8. The highest BCUT2D eigenvalue weighted by Gasteiger charge is 2.20. The van der Waals surface area contributed by atoms with Crippen LogP contribution >= 0.6 is 23.1 Å². The van der Waals surface area contributed by atoms with Crippen molar-refractivity contribution in [1.29, 1.82) is 0 Å². The normalized spacial score (nSPS) is 10.8. The van der Waals surface area contributed by atoms with E-state index in [1.807, 2.05) is 24.3 Å². The molecule has 0 saturated carbocycles. The van der Waals surface area contributed by atoms with Crippen molar-refractivity contribution in [3.8, 4) is 0 Å². The molecule has 6 nitrogen and oxygen atoms in total. The molecule has 0 aliphatic rings. The standard InChI is InChI=1S/C12H10N4O2S2/c13-15-11(17)10-7-3-1-2-4-8(7)18-9(10)5-19-12-16-14-6-20-12/h1-4,6H,5,13H2,(H,15,17). The number of furan rings is 1. The molecule has 2 heterocycles. The molecule has 1 amide bonds. The number of nitrogens with one attached hydrogen (secondary N) is 1. The predicted octanol–water partition coefficient (Wildman–Crippen LogP) is 2.18. The molecule has 3 rings (SSSR count). The number of nitrogens with zero attached hydrogens (tertiary/aromatic N) is 2. The Balaban J connectivity index is 1.98. The fourth-order valence-corrected chi connectivity index (χ4v) is 3.29. The molecule has 102 valence electrons. The van der Waals surface area contributed by atoms with E-state index in [0.29, 0.717) is 22.7 Å². The third-order valence-corrected chi connectivity index (χ3v) is 4.55. The van der Waals surface area contributed by atoms with Crippen molar-refractivity contribution in [2.75, 3.05) is 0 Å². The molecule has 20 heavy (non-hydrogen) atoms. The van der Waals surface area contributed by atoms with E-state index < -0.39 is 0 Å². The molecule has 3 N–H and O–H groups in total. The van der Waals surface area contributed by atoms with E-state index in [2.05, 4.69) is 15.6 Å². The summed E-state index contributed by atoms with van der Waals surface area (Å²) in [5.74, 6) is 5.96. The van der Waals surface area contributed by atoms with Crippen LogP contribution in [0, 0.1) is 0 Å². The van der Waals surface area contributed by atoms with Crippen molar-refractivity contribution in [1.82, 2.24) is 15.6 Å². The lowest BCUT2D eigenvalue weighted by atomic mass is 10.1. The second kappa shape index (κ2) is 5.61. The lowest BCUT2D eigenvalue weighted by Crippen LogP contribution is -2.30. The van der Waals surface area contributed by atoms with Crippen molar-refractivity contribution < 1.29 is 9.21 Å². The molecule has 2 aromatic heterocycles. The summed E-state index contributed by atoms with van der Waals surface area (Å²) in [6, 6.07) is 7.37. The molecular weight excluding hydrogens is 296 g/mol. The highest BCUT2D eigenvalue weighted by atomic mass is 32.2. The van der Waals surface area contributed by atoms with Gasteiger partial charge in [0.15, 0.2) is 4.34 Å². The van der Waals surface area contributed by atoms with Gasteiger partial charge in [0.1, 0.15) is 16.9 Å². The smallest absolute Gasteiger partial charge is 0.269 e. The summed E-state index contributed by atoms with van der Waals surface area (Å²) in [4.78, 5) is 11.9. The number of rotatable bonds is 4. The Bertz CT molecular complexity index is 739. The van der Waals surface area contributed by atoms with Crippen LogP contribution in [0.5, 0.6) is 0 Å². The van der Waals surface area contributed by atoms with Gasteiger partial charge in [-0.15, -0.1) is 10.2 Å². The third kappa shape index (κ3) is 2.40. The summed E-state index contributed by atoms with van der Waals surface area (Å²) in [5, 5.41) is 8.47. The van der Waals surface area contributed by atoms with Gasteiger partial charge in [-0.05, 0) is 6.07 Å². The second-order valence-corrected chi connectivity index (χ2v) is 5.92. The lowest BCUT2D eigenvalue weighted by molar-refractivity contribution is 0.0953. The molecule has 0 spiro atoms. The molecule has 0 atom stereocenters. The van der Waals surface area contributed by atoms with Crippen LogP contribution in [0.25, 0.3) is 11.0 Å². The third-order valence-electron chi connectivity index (χ3n) is 2.69. The molecule has 0 aliphatic heterocycles. The molecular formula is C12H10N4O2S2. The maximum absolute atomic E-state index is 11.9. The van der Waals surface area contributed by atoms with Crippen LogP contribution in [0.2, 0.25) is 0 Å². The number of carbonyl (C=O) groups excluding carboxylic acids is 1. The first-order chi connectivity index (χ1) is 9.79. The number of para-hydroxylation sites is 1. The first-order valence-electron chi connectivity index (χ1n) is 5.70. The lowest BCUT2D eigenvalue weighted by Gasteiger charge is -2.00. The van der Waals surface area contributed by atoms with Crippen molar-refractivity contribution in [3.05, 3.63) is 41.1 Å². The van der Waals surface area contributed by atoms with Crippen molar-refractivity contribution in [2.45, 2.75) is 10.1 Å². The van der Waals surface area contributed by atoms with E-state index in [0.717, 1.165) is 9.73 Å². The van der Waals surface area contributed by atoms with Crippen molar-refractivity contribution in [2.24, 2.45) is 5.84 Å². The second-order valence-electron chi connectivity index (χ2n) is 3.86. The molecule has 0 aliphatic carbocycles. The fraction of sp³-hybridized carbons (Fsp3) is 0.0833. The van der Waals surface area contributed by atoms with Gasteiger partial charge in [-0.2, -0.15) is 0 Å². The van der Waals surface area contributed by atoms with Crippen LogP contribution in [0.3, 0.4) is 0 Å². The van der Waals surface area contributed by atoms with Gasteiger partial charge in [0.05, 0.1) is 11.3 Å². The van der Waals surface area contributed by atoms with E-state index in [-0.39, 0.29) is 5.91 Å². The van der Waals surface area contributed by atoms with Crippen molar-refractivity contribution in [3.63, 3.8) is 0 Å². The number of fused-ring (bicyclic) bond motifs is 1. The minimum atomic E-state index is -0.359. The Kier molecular flexibility index (Phi) is 3.68. The van der Waals surface area contributed by atoms with Crippen LogP contribution < -0.4 is 11.3 Å². The van der Waals surface area contributed by atoms with Crippen LogP contribution in [-0.4, -0.2) is 16.1 Å². The molecule has 0 unspecified atom stereocenters. The molecule has 8 heteroatoms. The Morgan fingerprint density at radius 3 is 3.05 bits per heavy atom. The molecule has 0 radical (unpaired) electrons. The zero-order chi connectivity index (χ0) is 13.9. The summed E-state index contributed by atoms with van der Waals surface area (Å²) in [7, 11) is 0. The monoisotopic (exact) mass is 306 g/mol. The summed E-state index contributed by atoms with van der Waals surface area (Å²) in [6.45, 7) is 0. The first kappa shape index (κ1) is 13.1. The Hall–Kier alpha value is -1.90. The maximum atomic E-state index is 11.9. The van der Waals surface area contributed by atoms with Gasteiger partial charge in [-0.3, -0.25) is 10.2 Å². The topological polar surface area (TPSA) is 94.0 Å². The van der Waals surface area contributed by atoms with Gasteiger partial charge in [-0.1, -0.05) is 41.3 Å². The number of amides is 1. The highest BCUT2D eigenvalue weighted by molar-refractivity contribution is 8.00. The van der Waals surface area contributed by atoms with Crippen LogP contribution in [-0.2, 0) is 5.75 Å². The van der Waals surface area contributed by atoms with Gasteiger partial charge < -0.3 is 4.42 Å². The van der Waals surface area contributed by atoms with Crippen molar-refractivity contribution >= 4 is 40.0 Å². The Labute approximate surface area is 122 Å². The van der Waals surface area contributed by atoms with Crippen LogP contribution in [0.15, 0.2) is 38.5 Å². The quantitative estimate of drug-likeness (QED) is 0.332. The molecule has 3 aromatic rings. The highest BCUT2D eigenvalue weighted by Crippen LogP contribution is 2.31. The van der Waals surface area contributed by atoms with E-state index in [4.69, 9.17) is 10.3 Å². The maximum Gasteiger partial charge on any atom is 0.269 e. The van der Waals surface area contributed by atoms with Gasteiger partial charge >= 0.3 is 0 Å². The van der Waals surface area contributed by atoms with E-state index >= 15 is 0 Å². The summed E-state index contributed by atoms with van der Waals surface area (Å²) < 4.78 is 6.56. The molecule has 0 bridgehead atoms. The number of hydrazine groups is 1. The van der Waals surface area contributed by atoms with E-state index in [1.165, 1.54) is 23.1 Å². The average molecular weight is 306 g/mol. The number of thioether (sulfide) groups is 1. The average Bonchev–Trinajstić information content (AvgIpc) is 3.11. The van der Waals surface area contributed by atoms with Crippen LogP contribution in [0.4, 0.5) is 0 Å². The number of aromatic nitrogens is 2. The Morgan fingerprint density at radius 1 is 1.45 bits per heavy atom. The van der Waals surface area contributed by atoms with Gasteiger partial charge in [0.25, 0.3) is 5.91 Å². The molecule has 1 aromatic carbocycles. The summed E-state index contributed by atoms with van der Waals surface area (Å²) in [6.07, 6.45) is 0. The number of hydrogen-bond acceptors (Lipinski definition) is 7. The zero-order valence-electron chi connectivity index (χ0n) is 10.2. The van der Waals surface area contributed by atoms with Gasteiger partial charge in [0.2, 0.25) is 0 Å². The number of benzene rings is 1. The first-order valence-corrected chi connectivity index (χ1v) is 7.56. The number of hydrogen-bond donors (Lipinski definition) is 2. The number of nitrogens with two attached hydrogens (primary N) is 1. The largest absolute Gasteiger partial charge is 0.459 e. The SMILES string of the molecule is NNC(=O)c1c(CSc2nncs2)oc2ccccc12. The van der Waals surface area contributed by atoms with Gasteiger partial charge in [-0.25, -0.2) is 5.84 Å². The van der Waals surface area contributed by atoms with E-state index in [9.17, 15) is 4.79 Å². The Morgan fingerprint density at radius 2 is 2.30 bits per heavy atom. The minimum absolute atomic E-state index is 0.359. The van der Waals surface area contributed by atoms with E-state index in [1.54, 1.807) is 5.51 Å². The fourth-order valence-electron chi connectivity index (χ4n) is 1.87. The predicted molar refractivity (Wildman–Crippen MR) is 77.3 cm³/mol. The molecule has 0 fully saturated rings. The minimum Gasteiger partial charge on any atom is -0.459 e.